The Labute approximate surface area is 196 Å². The topological polar surface area (TPSA) is 77.1 Å². The summed E-state index contributed by atoms with van der Waals surface area (Å²) in [6, 6.07) is 15.9. The van der Waals surface area contributed by atoms with E-state index in [9.17, 15) is 9.59 Å². The zero-order valence-corrected chi connectivity index (χ0v) is 19.4. The molecule has 4 rings (SSSR count). The van der Waals surface area contributed by atoms with E-state index in [2.05, 4.69) is 5.32 Å². The Hall–Kier alpha value is -3.78. The number of imide groups is 1. The number of ether oxygens (including phenoxy) is 3. The summed E-state index contributed by atoms with van der Waals surface area (Å²) in [5, 5.41) is 5.01. The Morgan fingerprint density at radius 2 is 1.67 bits per heavy atom. The first-order valence-corrected chi connectivity index (χ1v) is 11.3. The van der Waals surface area contributed by atoms with Crippen molar-refractivity contribution >= 4 is 40.1 Å². The molecule has 0 aliphatic carbocycles. The Balaban J connectivity index is 1.78. The monoisotopic (exact) mass is 464 g/mol. The first kappa shape index (κ1) is 22.4. The van der Waals surface area contributed by atoms with Crippen LogP contribution in [0.3, 0.4) is 0 Å². The molecule has 2 aromatic carbocycles. The second-order valence-corrected chi connectivity index (χ2v) is 8.16. The molecule has 0 radical (unpaired) electrons. The molecule has 1 aromatic heterocycles. The van der Waals surface area contributed by atoms with E-state index in [1.807, 2.05) is 30.5 Å². The minimum Gasteiger partial charge on any atom is -0.497 e. The normalized spacial score (nSPS) is 13.5. The number of amides is 2. The fraction of sp³-hybridized carbons (Fsp3) is 0.200. The van der Waals surface area contributed by atoms with Crippen molar-refractivity contribution in [3.8, 4) is 17.2 Å². The number of nitrogens with zero attached hydrogens (tertiary/aromatic N) is 1. The number of para-hydroxylation sites is 2. The lowest BCUT2D eigenvalue weighted by molar-refractivity contribution is -0.120. The zero-order valence-electron chi connectivity index (χ0n) is 18.6. The van der Waals surface area contributed by atoms with Gasteiger partial charge in [0.15, 0.2) is 0 Å². The number of carbonyl (C=O) groups is 2. The van der Waals surface area contributed by atoms with Crippen LogP contribution in [0.1, 0.15) is 18.2 Å². The first-order valence-electron chi connectivity index (χ1n) is 10.5. The number of thiophene rings is 1. The number of benzene rings is 2. The summed E-state index contributed by atoms with van der Waals surface area (Å²) in [7, 11) is 3.10. The van der Waals surface area contributed by atoms with Crippen molar-refractivity contribution in [3.63, 3.8) is 0 Å². The van der Waals surface area contributed by atoms with Gasteiger partial charge in [-0.2, -0.15) is 0 Å². The van der Waals surface area contributed by atoms with Crippen molar-refractivity contribution < 1.29 is 23.8 Å². The second-order valence-electron chi connectivity index (χ2n) is 7.22. The van der Waals surface area contributed by atoms with Gasteiger partial charge < -0.3 is 19.5 Å². The largest absolute Gasteiger partial charge is 0.497 e. The van der Waals surface area contributed by atoms with Gasteiger partial charge in [0.25, 0.3) is 11.8 Å². The number of nitrogens with one attached hydrogen (secondary N) is 1. The summed E-state index contributed by atoms with van der Waals surface area (Å²) in [6.07, 6.45) is 0.805. The van der Waals surface area contributed by atoms with Crippen LogP contribution in [0.4, 0.5) is 11.4 Å². The van der Waals surface area contributed by atoms with E-state index >= 15 is 0 Å². The lowest BCUT2D eigenvalue weighted by Crippen LogP contribution is -2.32. The van der Waals surface area contributed by atoms with Crippen molar-refractivity contribution in [1.82, 2.24) is 0 Å². The zero-order chi connectivity index (χ0) is 23.4. The molecular formula is C25H24N2O5S. The summed E-state index contributed by atoms with van der Waals surface area (Å²) in [6.45, 7) is 2.48. The van der Waals surface area contributed by atoms with E-state index in [-0.39, 0.29) is 5.70 Å². The molecule has 170 valence electrons. The molecule has 0 saturated carbocycles. The van der Waals surface area contributed by atoms with Crippen LogP contribution >= 0.6 is 11.3 Å². The molecule has 1 aliphatic heterocycles. The number of hydrogen-bond donors (Lipinski definition) is 1. The van der Waals surface area contributed by atoms with Crippen LogP contribution in [0.2, 0.25) is 0 Å². The van der Waals surface area contributed by atoms with E-state index in [1.165, 1.54) is 16.2 Å². The Morgan fingerprint density at radius 1 is 0.939 bits per heavy atom. The fourth-order valence-corrected chi connectivity index (χ4v) is 4.28. The summed E-state index contributed by atoms with van der Waals surface area (Å²) in [5.41, 5.74) is 1.47. The van der Waals surface area contributed by atoms with Crippen molar-refractivity contribution in [2.75, 3.05) is 31.0 Å². The first-order chi connectivity index (χ1) is 16.1. The van der Waals surface area contributed by atoms with Crippen LogP contribution < -0.4 is 24.4 Å². The van der Waals surface area contributed by atoms with Crippen molar-refractivity contribution in [3.05, 3.63) is 70.6 Å². The van der Waals surface area contributed by atoms with Gasteiger partial charge in [0.2, 0.25) is 0 Å². The molecule has 8 heteroatoms. The van der Waals surface area contributed by atoms with Crippen LogP contribution in [0, 0.1) is 0 Å². The predicted molar refractivity (Wildman–Crippen MR) is 129 cm³/mol. The van der Waals surface area contributed by atoms with Crippen LogP contribution in [0.15, 0.2) is 65.7 Å². The van der Waals surface area contributed by atoms with Crippen LogP contribution in [0.5, 0.6) is 17.2 Å². The predicted octanol–water partition coefficient (Wildman–Crippen LogP) is 4.95. The number of rotatable bonds is 9. The SMILES string of the molecule is CCCOc1ccccc1N1C(=O)C(Nc2cc(OC)cc(OC)c2)=C(c2cccs2)C1=O. The van der Waals surface area contributed by atoms with E-state index in [0.717, 1.165) is 6.42 Å². The molecule has 1 aliphatic rings. The molecule has 1 N–H and O–H groups in total. The molecule has 7 nitrogen and oxygen atoms in total. The van der Waals surface area contributed by atoms with Gasteiger partial charge in [0, 0.05) is 28.8 Å². The number of methoxy groups -OCH3 is 2. The average Bonchev–Trinajstić information content (AvgIpc) is 3.44. The summed E-state index contributed by atoms with van der Waals surface area (Å²) >= 11 is 1.39. The molecule has 0 bridgehead atoms. The van der Waals surface area contributed by atoms with Crippen molar-refractivity contribution in [2.24, 2.45) is 0 Å². The second kappa shape index (κ2) is 9.79. The highest BCUT2D eigenvalue weighted by molar-refractivity contribution is 7.11. The standard InChI is InChI=1S/C25H24N2O5S/c1-4-11-32-20-9-6-5-8-19(20)27-24(28)22(21-10-7-12-33-21)23(25(27)29)26-16-13-17(30-2)15-18(14-16)31-3/h5-10,12-15,26H,4,11H2,1-3H3. The van der Waals surface area contributed by atoms with E-state index in [4.69, 9.17) is 14.2 Å². The minimum atomic E-state index is -0.460. The third-order valence-electron chi connectivity index (χ3n) is 5.04. The molecule has 2 heterocycles. The average molecular weight is 465 g/mol. The van der Waals surface area contributed by atoms with Gasteiger partial charge in [0.1, 0.15) is 22.9 Å². The van der Waals surface area contributed by atoms with Crippen LogP contribution in [0.25, 0.3) is 5.57 Å². The van der Waals surface area contributed by atoms with Crippen LogP contribution in [-0.2, 0) is 9.59 Å². The summed E-state index contributed by atoms with van der Waals surface area (Å²) in [5.74, 6) is 0.727. The maximum Gasteiger partial charge on any atom is 0.282 e. The van der Waals surface area contributed by atoms with E-state index in [0.29, 0.717) is 45.7 Å². The Bertz CT molecular complexity index is 1180. The van der Waals surface area contributed by atoms with Gasteiger partial charge in [-0.25, -0.2) is 4.90 Å². The quantitative estimate of drug-likeness (QED) is 0.452. The number of anilines is 2. The molecule has 3 aromatic rings. The molecule has 33 heavy (non-hydrogen) atoms. The smallest absolute Gasteiger partial charge is 0.282 e. The van der Waals surface area contributed by atoms with Crippen molar-refractivity contribution in [2.45, 2.75) is 13.3 Å². The molecule has 2 amide bonds. The van der Waals surface area contributed by atoms with Gasteiger partial charge in [-0.15, -0.1) is 11.3 Å². The fourth-order valence-electron chi connectivity index (χ4n) is 3.51. The van der Waals surface area contributed by atoms with Gasteiger partial charge in [-0.1, -0.05) is 25.1 Å². The van der Waals surface area contributed by atoms with Crippen molar-refractivity contribution in [1.29, 1.82) is 0 Å². The highest BCUT2D eigenvalue weighted by Crippen LogP contribution is 2.39. The van der Waals surface area contributed by atoms with Gasteiger partial charge in [-0.3, -0.25) is 9.59 Å². The van der Waals surface area contributed by atoms with Gasteiger partial charge in [-0.05, 0) is 30.0 Å². The Morgan fingerprint density at radius 3 is 2.30 bits per heavy atom. The molecule has 0 atom stereocenters. The van der Waals surface area contributed by atoms with Crippen LogP contribution in [-0.4, -0.2) is 32.6 Å². The lowest BCUT2D eigenvalue weighted by Gasteiger charge is -2.19. The summed E-state index contributed by atoms with van der Waals surface area (Å²) in [4.78, 5) is 29.1. The molecule has 0 fully saturated rings. The summed E-state index contributed by atoms with van der Waals surface area (Å²) < 4.78 is 16.5. The maximum atomic E-state index is 13.6. The van der Waals surface area contributed by atoms with Gasteiger partial charge >= 0.3 is 0 Å². The number of carbonyl (C=O) groups excluding carboxylic acids is 2. The van der Waals surface area contributed by atoms with E-state index in [1.54, 1.807) is 50.6 Å². The third kappa shape index (κ3) is 4.42. The molecule has 0 unspecified atom stereocenters. The minimum absolute atomic E-state index is 0.183. The Kier molecular flexibility index (Phi) is 6.65. The highest BCUT2D eigenvalue weighted by Gasteiger charge is 2.41. The third-order valence-corrected chi connectivity index (χ3v) is 5.93. The lowest BCUT2D eigenvalue weighted by atomic mass is 10.1. The molecular weight excluding hydrogens is 440 g/mol. The number of hydrogen-bond acceptors (Lipinski definition) is 7. The highest BCUT2D eigenvalue weighted by atomic mass is 32.1. The maximum absolute atomic E-state index is 13.6. The van der Waals surface area contributed by atoms with Gasteiger partial charge in [0.05, 0.1) is 32.1 Å². The molecule has 0 spiro atoms. The van der Waals surface area contributed by atoms with E-state index < -0.39 is 11.8 Å². The molecule has 0 saturated heterocycles.